The molecule has 0 spiro atoms. The number of methoxy groups -OCH3 is 1. The lowest BCUT2D eigenvalue weighted by Crippen LogP contribution is -2.10. The van der Waals surface area contributed by atoms with Crippen molar-refractivity contribution in [2.75, 3.05) is 33.5 Å². The molecule has 0 fully saturated rings. The Morgan fingerprint density at radius 3 is 2.71 bits per heavy atom. The van der Waals surface area contributed by atoms with Crippen LogP contribution in [0.1, 0.15) is 10.4 Å². The highest BCUT2D eigenvalue weighted by atomic mass is 16.5. The van der Waals surface area contributed by atoms with E-state index in [2.05, 4.69) is 0 Å². The van der Waals surface area contributed by atoms with Gasteiger partial charge in [-0.1, -0.05) is 6.07 Å². The summed E-state index contributed by atoms with van der Waals surface area (Å²) in [4.78, 5) is 10.6. The molecular weight excluding hydrogens is 224 g/mol. The molecule has 0 aliphatic rings. The normalized spacial score (nSPS) is 10.2. The van der Waals surface area contributed by atoms with Crippen LogP contribution in [0.25, 0.3) is 0 Å². The van der Waals surface area contributed by atoms with Crippen LogP contribution in [0.3, 0.4) is 0 Å². The van der Waals surface area contributed by atoms with Crippen molar-refractivity contribution in [3.05, 3.63) is 23.8 Å². The predicted octanol–water partition coefficient (Wildman–Crippen LogP) is 1.25. The zero-order valence-electron chi connectivity index (χ0n) is 9.72. The second kappa shape index (κ2) is 7.65. The minimum atomic E-state index is -0.139. The topological polar surface area (TPSA) is 65.0 Å². The summed E-state index contributed by atoms with van der Waals surface area (Å²) in [6, 6.07) is 4.76. The van der Waals surface area contributed by atoms with Crippen molar-refractivity contribution < 1.29 is 24.1 Å². The van der Waals surface area contributed by atoms with Gasteiger partial charge < -0.3 is 19.3 Å². The zero-order valence-corrected chi connectivity index (χ0v) is 9.72. The molecule has 0 radical (unpaired) electrons. The van der Waals surface area contributed by atoms with Crippen molar-refractivity contribution in [1.29, 1.82) is 0 Å². The molecule has 0 aliphatic carbocycles. The van der Waals surface area contributed by atoms with E-state index in [0.717, 1.165) is 0 Å². The number of benzene rings is 1. The predicted molar refractivity (Wildman–Crippen MR) is 61.7 cm³/mol. The fourth-order valence-electron chi connectivity index (χ4n) is 1.21. The maximum Gasteiger partial charge on any atom is 0.168 e. The molecule has 0 unspecified atom stereocenters. The molecule has 0 saturated heterocycles. The van der Waals surface area contributed by atoms with Crippen LogP contribution in [-0.2, 0) is 9.47 Å². The van der Waals surface area contributed by atoms with Gasteiger partial charge in [0.1, 0.15) is 6.61 Å². The first-order valence-corrected chi connectivity index (χ1v) is 5.26. The van der Waals surface area contributed by atoms with E-state index in [1.807, 2.05) is 0 Å². The number of aromatic hydroxyl groups is 1. The van der Waals surface area contributed by atoms with E-state index in [-0.39, 0.29) is 17.1 Å². The van der Waals surface area contributed by atoms with Crippen LogP contribution in [0, 0.1) is 0 Å². The number of ether oxygens (including phenoxy) is 3. The van der Waals surface area contributed by atoms with E-state index in [0.29, 0.717) is 32.7 Å². The second-order valence-electron chi connectivity index (χ2n) is 3.27. The smallest absolute Gasteiger partial charge is 0.168 e. The molecule has 94 valence electrons. The molecule has 0 amide bonds. The molecule has 5 nitrogen and oxygen atoms in total. The number of carbonyl (C=O) groups is 1. The Hall–Kier alpha value is -1.59. The zero-order chi connectivity index (χ0) is 12.5. The van der Waals surface area contributed by atoms with Gasteiger partial charge in [0.25, 0.3) is 0 Å². The number of phenolic OH excluding ortho intramolecular Hbond substituents is 1. The third-order valence-electron chi connectivity index (χ3n) is 2.07. The van der Waals surface area contributed by atoms with Gasteiger partial charge in [0.05, 0.1) is 25.4 Å². The minimum Gasteiger partial charge on any atom is -0.504 e. The summed E-state index contributed by atoms with van der Waals surface area (Å²) in [5.41, 5.74) is 0.211. The first-order valence-electron chi connectivity index (χ1n) is 5.26. The molecule has 0 bridgehead atoms. The van der Waals surface area contributed by atoms with Crippen LogP contribution < -0.4 is 4.74 Å². The first kappa shape index (κ1) is 13.5. The van der Waals surface area contributed by atoms with Crippen LogP contribution in [0.15, 0.2) is 18.2 Å². The third-order valence-corrected chi connectivity index (χ3v) is 2.07. The minimum absolute atomic E-state index is 0.139. The van der Waals surface area contributed by atoms with Crippen LogP contribution in [0.5, 0.6) is 11.5 Å². The molecule has 1 rings (SSSR count). The molecule has 5 heteroatoms. The van der Waals surface area contributed by atoms with Gasteiger partial charge in [-0.05, 0) is 12.1 Å². The summed E-state index contributed by atoms with van der Waals surface area (Å²) in [6.07, 6.45) is 0.581. The Morgan fingerprint density at radius 1 is 1.24 bits per heavy atom. The van der Waals surface area contributed by atoms with Gasteiger partial charge >= 0.3 is 0 Å². The lowest BCUT2D eigenvalue weighted by Gasteiger charge is -2.09. The van der Waals surface area contributed by atoms with Gasteiger partial charge in [0.15, 0.2) is 17.8 Å². The van der Waals surface area contributed by atoms with Crippen LogP contribution in [0.4, 0.5) is 0 Å². The molecule has 17 heavy (non-hydrogen) atoms. The van der Waals surface area contributed by atoms with E-state index in [4.69, 9.17) is 14.2 Å². The van der Waals surface area contributed by atoms with Crippen LogP contribution in [0.2, 0.25) is 0 Å². The lowest BCUT2D eigenvalue weighted by atomic mass is 10.2. The molecule has 0 saturated carbocycles. The van der Waals surface area contributed by atoms with Crippen molar-refractivity contribution >= 4 is 6.29 Å². The van der Waals surface area contributed by atoms with E-state index in [1.54, 1.807) is 19.2 Å². The SMILES string of the molecule is COCCOCCOc1cccc(C=O)c1O. The first-order chi connectivity index (χ1) is 8.29. The summed E-state index contributed by atoms with van der Waals surface area (Å²) in [7, 11) is 1.60. The van der Waals surface area contributed by atoms with Gasteiger partial charge in [-0.15, -0.1) is 0 Å². The van der Waals surface area contributed by atoms with Crippen molar-refractivity contribution in [3.8, 4) is 11.5 Å². The lowest BCUT2D eigenvalue weighted by molar-refractivity contribution is 0.0540. The molecule has 0 atom stereocenters. The van der Waals surface area contributed by atoms with Crippen LogP contribution in [-0.4, -0.2) is 44.9 Å². The monoisotopic (exact) mass is 240 g/mol. The number of hydrogen-bond donors (Lipinski definition) is 1. The highest BCUT2D eigenvalue weighted by Crippen LogP contribution is 2.28. The summed E-state index contributed by atoms with van der Waals surface area (Å²) < 4.78 is 15.3. The highest BCUT2D eigenvalue weighted by molar-refractivity contribution is 5.80. The Bertz CT molecular complexity index is 351. The van der Waals surface area contributed by atoms with Crippen molar-refractivity contribution in [1.82, 2.24) is 0 Å². The number of hydrogen-bond acceptors (Lipinski definition) is 5. The average Bonchev–Trinajstić information content (AvgIpc) is 2.35. The number of aldehydes is 1. The largest absolute Gasteiger partial charge is 0.504 e. The van der Waals surface area contributed by atoms with Gasteiger partial charge in [-0.2, -0.15) is 0 Å². The molecule has 1 N–H and O–H groups in total. The van der Waals surface area contributed by atoms with Crippen molar-refractivity contribution in [2.24, 2.45) is 0 Å². The Labute approximate surface area is 99.9 Å². The number of para-hydroxylation sites is 1. The van der Waals surface area contributed by atoms with Gasteiger partial charge in [0.2, 0.25) is 0 Å². The standard InChI is InChI=1S/C12H16O5/c1-15-5-6-16-7-8-17-11-4-2-3-10(9-13)12(11)14/h2-4,9,14H,5-8H2,1H3. The summed E-state index contributed by atoms with van der Waals surface area (Å²) >= 11 is 0. The maximum atomic E-state index is 10.6. The fourth-order valence-corrected chi connectivity index (χ4v) is 1.21. The molecule has 1 aromatic rings. The molecule has 0 aromatic heterocycles. The Balaban J connectivity index is 2.34. The van der Waals surface area contributed by atoms with Crippen molar-refractivity contribution in [3.63, 3.8) is 0 Å². The van der Waals surface area contributed by atoms with Gasteiger partial charge in [-0.3, -0.25) is 4.79 Å². The maximum absolute atomic E-state index is 10.6. The van der Waals surface area contributed by atoms with Gasteiger partial charge in [-0.25, -0.2) is 0 Å². The number of carbonyl (C=O) groups excluding carboxylic acids is 1. The molecule has 0 heterocycles. The van der Waals surface area contributed by atoms with Crippen LogP contribution >= 0.6 is 0 Å². The second-order valence-corrected chi connectivity index (χ2v) is 3.27. The molecule has 0 aliphatic heterocycles. The third kappa shape index (κ3) is 4.42. The molecular formula is C12H16O5. The van der Waals surface area contributed by atoms with E-state index < -0.39 is 0 Å². The summed E-state index contributed by atoms with van der Waals surface area (Å²) in [5.74, 6) is 0.143. The number of phenols is 1. The number of rotatable bonds is 8. The molecule has 1 aromatic carbocycles. The van der Waals surface area contributed by atoms with E-state index in [1.165, 1.54) is 6.07 Å². The quantitative estimate of drug-likeness (QED) is 0.547. The van der Waals surface area contributed by atoms with E-state index >= 15 is 0 Å². The summed E-state index contributed by atoms with van der Waals surface area (Å²) in [6.45, 7) is 1.74. The fraction of sp³-hybridized carbons (Fsp3) is 0.417. The highest BCUT2D eigenvalue weighted by Gasteiger charge is 2.06. The van der Waals surface area contributed by atoms with Gasteiger partial charge in [0, 0.05) is 7.11 Å². The Morgan fingerprint density at radius 2 is 2.00 bits per heavy atom. The average molecular weight is 240 g/mol. The van der Waals surface area contributed by atoms with Crippen molar-refractivity contribution in [2.45, 2.75) is 0 Å². The Kier molecular flexibility index (Phi) is 6.06. The van der Waals surface area contributed by atoms with E-state index in [9.17, 15) is 9.90 Å². The summed E-state index contributed by atoms with van der Waals surface area (Å²) in [5, 5.41) is 9.61.